The van der Waals surface area contributed by atoms with Crippen LogP contribution < -0.4 is 10.6 Å². The Morgan fingerprint density at radius 2 is 2.31 bits per heavy atom. The second-order valence-electron chi connectivity index (χ2n) is 3.22. The van der Waals surface area contributed by atoms with E-state index in [9.17, 15) is 0 Å². The van der Waals surface area contributed by atoms with E-state index in [0.29, 0.717) is 0 Å². The van der Waals surface area contributed by atoms with E-state index in [-0.39, 0.29) is 6.04 Å². The van der Waals surface area contributed by atoms with Crippen molar-refractivity contribution in [3.8, 4) is 0 Å². The van der Waals surface area contributed by atoms with E-state index >= 15 is 0 Å². The van der Waals surface area contributed by atoms with Crippen LogP contribution in [0.5, 0.6) is 0 Å². The molecule has 13 heavy (non-hydrogen) atoms. The van der Waals surface area contributed by atoms with Gasteiger partial charge in [0.25, 0.3) is 0 Å². The highest BCUT2D eigenvalue weighted by atomic mass is 15.2. The summed E-state index contributed by atoms with van der Waals surface area (Å²) in [6, 6.07) is 3.99. The van der Waals surface area contributed by atoms with Crippen molar-refractivity contribution in [2.75, 3.05) is 18.5 Å². The molecule has 0 aliphatic rings. The maximum absolute atomic E-state index is 5.84. The van der Waals surface area contributed by atoms with Gasteiger partial charge in [-0.1, -0.05) is 6.07 Å². The summed E-state index contributed by atoms with van der Waals surface area (Å²) < 4.78 is 0. The molecule has 0 radical (unpaired) electrons. The largest absolute Gasteiger partial charge is 0.360 e. The fourth-order valence-corrected chi connectivity index (χ4v) is 1.23. The van der Waals surface area contributed by atoms with Gasteiger partial charge in [-0.25, -0.2) is 4.98 Å². The molecule has 2 N–H and O–H groups in total. The molecule has 0 fully saturated rings. The van der Waals surface area contributed by atoms with E-state index in [0.717, 1.165) is 17.9 Å². The van der Waals surface area contributed by atoms with Crippen molar-refractivity contribution in [3.05, 3.63) is 23.9 Å². The molecule has 3 heteroatoms. The number of nitrogens with two attached hydrogens (primary N) is 1. The molecule has 0 amide bonds. The number of pyridine rings is 1. The van der Waals surface area contributed by atoms with Crippen molar-refractivity contribution in [2.45, 2.75) is 19.9 Å². The second kappa shape index (κ2) is 4.23. The molecule has 0 aromatic carbocycles. The van der Waals surface area contributed by atoms with Crippen LogP contribution >= 0.6 is 0 Å². The van der Waals surface area contributed by atoms with Gasteiger partial charge < -0.3 is 10.6 Å². The van der Waals surface area contributed by atoms with Gasteiger partial charge in [0, 0.05) is 31.4 Å². The first kappa shape index (κ1) is 9.99. The molecule has 72 valence electrons. The minimum Gasteiger partial charge on any atom is -0.360 e. The smallest absolute Gasteiger partial charge is 0.133 e. The molecule has 0 aliphatic heterocycles. The van der Waals surface area contributed by atoms with Gasteiger partial charge in [0.2, 0.25) is 0 Å². The predicted molar refractivity (Wildman–Crippen MR) is 55.8 cm³/mol. The number of anilines is 1. The van der Waals surface area contributed by atoms with E-state index in [1.165, 1.54) is 0 Å². The number of nitrogens with zero attached hydrogens (tertiary/aromatic N) is 2. The van der Waals surface area contributed by atoms with E-state index in [2.05, 4.69) is 16.8 Å². The van der Waals surface area contributed by atoms with Crippen LogP contribution in [-0.2, 0) is 0 Å². The Morgan fingerprint density at radius 3 is 2.85 bits per heavy atom. The predicted octanol–water partition coefficient (Wildman–Crippen LogP) is 1.56. The number of hydrogen-bond donors (Lipinski definition) is 1. The van der Waals surface area contributed by atoms with Crippen LogP contribution in [0.15, 0.2) is 18.3 Å². The van der Waals surface area contributed by atoms with Gasteiger partial charge in [-0.3, -0.25) is 0 Å². The molecule has 1 aromatic heterocycles. The lowest BCUT2D eigenvalue weighted by atomic mass is 10.1. The van der Waals surface area contributed by atoms with Crippen LogP contribution in [0, 0.1) is 0 Å². The lowest BCUT2D eigenvalue weighted by molar-refractivity contribution is 0.795. The monoisotopic (exact) mass is 179 g/mol. The lowest BCUT2D eigenvalue weighted by Crippen LogP contribution is -2.21. The summed E-state index contributed by atoms with van der Waals surface area (Å²) in [5.41, 5.74) is 6.94. The van der Waals surface area contributed by atoms with Crippen LogP contribution in [-0.4, -0.2) is 18.6 Å². The third-order valence-corrected chi connectivity index (χ3v) is 2.14. The third kappa shape index (κ3) is 2.18. The van der Waals surface area contributed by atoms with E-state index in [1.807, 2.05) is 26.1 Å². The molecule has 1 heterocycles. The summed E-state index contributed by atoms with van der Waals surface area (Å²) >= 11 is 0. The highest BCUT2D eigenvalue weighted by Crippen LogP contribution is 2.20. The Morgan fingerprint density at radius 1 is 1.62 bits per heavy atom. The molecule has 1 unspecified atom stereocenters. The Kier molecular flexibility index (Phi) is 3.25. The fraction of sp³-hybridized carbons (Fsp3) is 0.500. The zero-order valence-corrected chi connectivity index (χ0v) is 8.49. The summed E-state index contributed by atoms with van der Waals surface area (Å²) in [7, 11) is 2.02. The quantitative estimate of drug-likeness (QED) is 0.765. The van der Waals surface area contributed by atoms with E-state index < -0.39 is 0 Å². The molecular weight excluding hydrogens is 162 g/mol. The zero-order valence-electron chi connectivity index (χ0n) is 8.49. The SMILES string of the molecule is CCN(C)c1ncccc1C(C)N. The molecule has 1 atom stereocenters. The Hall–Kier alpha value is -1.09. The van der Waals surface area contributed by atoms with Crippen molar-refractivity contribution in [2.24, 2.45) is 5.73 Å². The third-order valence-electron chi connectivity index (χ3n) is 2.14. The second-order valence-corrected chi connectivity index (χ2v) is 3.22. The van der Waals surface area contributed by atoms with Crippen molar-refractivity contribution in [3.63, 3.8) is 0 Å². The van der Waals surface area contributed by atoms with E-state index in [1.54, 1.807) is 6.20 Å². The molecule has 0 spiro atoms. The minimum absolute atomic E-state index is 0.0395. The van der Waals surface area contributed by atoms with Crippen molar-refractivity contribution in [1.82, 2.24) is 4.98 Å². The van der Waals surface area contributed by atoms with Gasteiger partial charge in [-0.15, -0.1) is 0 Å². The van der Waals surface area contributed by atoms with E-state index in [4.69, 9.17) is 5.73 Å². The molecule has 3 nitrogen and oxygen atoms in total. The average molecular weight is 179 g/mol. The molecule has 0 saturated heterocycles. The van der Waals surface area contributed by atoms with Crippen molar-refractivity contribution in [1.29, 1.82) is 0 Å². The number of hydrogen-bond acceptors (Lipinski definition) is 3. The first-order valence-electron chi connectivity index (χ1n) is 4.58. The van der Waals surface area contributed by atoms with Gasteiger partial charge >= 0.3 is 0 Å². The standard InChI is InChI=1S/C10H17N3/c1-4-13(3)10-9(8(2)11)6-5-7-12-10/h5-8H,4,11H2,1-3H3. The van der Waals surface area contributed by atoms with Crippen LogP contribution in [0.1, 0.15) is 25.5 Å². The van der Waals surface area contributed by atoms with Gasteiger partial charge in [0.15, 0.2) is 0 Å². The maximum Gasteiger partial charge on any atom is 0.133 e. The molecule has 1 aromatic rings. The Bertz CT molecular complexity index is 271. The number of rotatable bonds is 3. The van der Waals surface area contributed by atoms with Crippen molar-refractivity contribution >= 4 is 5.82 Å². The van der Waals surface area contributed by atoms with Crippen LogP contribution in [0.25, 0.3) is 0 Å². The molecular formula is C10H17N3. The van der Waals surface area contributed by atoms with Crippen molar-refractivity contribution < 1.29 is 0 Å². The first-order chi connectivity index (χ1) is 6.16. The highest BCUT2D eigenvalue weighted by molar-refractivity contribution is 5.47. The normalized spacial score (nSPS) is 12.6. The average Bonchev–Trinajstić information content (AvgIpc) is 2.16. The first-order valence-corrected chi connectivity index (χ1v) is 4.58. The fourth-order valence-electron chi connectivity index (χ4n) is 1.23. The zero-order chi connectivity index (χ0) is 9.84. The summed E-state index contributed by atoms with van der Waals surface area (Å²) in [6.07, 6.45) is 1.80. The lowest BCUT2D eigenvalue weighted by Gasteiger charge is -2.20. The van der Waals surface area contributed by atoms with Gasteiger partial charge in [-0.2, -0.15) is 0 Å². The van der Waals surface area contributed by atoms with Crippen LogP contribution in [0.2, 0.25) is 0 Å². The van der Waals surface area contributed by atoms with Crippen LogP contribution in [0.3, 0.4) is 0 Å². The summed E-state index contributed by atoms with van der Waals surface area (Å²) in [6.45, 7) is 5.01. The molecule has 0 bridgehead atoms. The molecule has 1 rings (SSSR count). The van der Waals surface area contributed by atoms with Crippen LogP contribution in [0.4, 0.5) is 5.82 Å². The highest BCUT2D eigenvalue weighted by Gasteiger charge is 2.09. The van der Waals surface area contributed by atoms with Gasteiger partial charge in [-0.05, 0) is 19.9 Å². The molecule has 0 aliphatic carbocycles. The summed E-state index contributed by atoms with van der Waals surface area (Å²) in [4.78, 5) is 6.41. The Labute approximate surface area is 79.6 Å². The molecule has 0 saturated carbocycles. The maximum atomic E-state index is 5.84. The topological polar surface area (TPSA) is 42.2 Å². The summed E-state index contributed by atoms with van der Waals surface area (Å²) in [5.74, 6) is 0.986. The number of aromatic nitrogens is 1. The Balaban J connectivity index is 3.04. The minimum atomic E-state index is 0.0395. The van der Waals surface area contributed by atoms with Gasteiger partial charge in [0.05, 0.1) is 0 Å². The van der Waals surface area contributed by atoms with Gasteiger partial charge in [0.1, 0.15) is 5.82 Å². The summed E-state index contributed by atoms with van der Waals surface area (Å²) in [5, 5.41) is 0.